The van der Waals surface area contributed by atoms with Crippen molar-refractivity contribution in [1.82, 2.24) is 0 Å². The maximum absolute atomic E-state index is 9.17. The van der Waals surface area contributed by atoms with E-state index in [1.807, 2.05) is 5.38 Å². The molecule has 1 aromatic heterocycles. The third kappa shape index (κ3) is 2.00. The van der Waals surface area contributed by atoms with Gasteiger partial charge < -0.3 is 5.11 Å². The van der Waals surface area contributed by atoms with E-state index in [9.17, 15) is 5.11 Å². The summed E-state index contributed by atoms with van der Waals surface area (Å²) in [7, 11) is 0. The van der Waals surface area contributed by atoms with Crippen molar-refractivity contribution < 1.29 is 5.11 Å². The Morgan fingerprint density at radius 3 is 3.07 bits per heavy atom. The van der Waals surface area contributed by atoms with Crippen LogP contribution >= 0.6 is 11.3 Å². The SMILES string of the molecule is [N-]=[N+]=NC(CO)c1csc2c1CCCC2. The van der Waals surface area contributed by atoms with Crippen LogP contribution in [-0.4, -0.2) is 11.7 Å². The number of aryl methyl sites for hydroxylation is 1. The summed E-state index contributed by atoms with van der Waals surface area (Å²) in [6, 6.07) is -0.395. The van der Waals surface area contributed by atoms with E-state index < -0.39 is 6.04 Å². The fraction of sp³-hybridized carbons (Fsp3) is 0.600. The summed E-state index contributed by atoms with van der Waals surface area (Å²) in [5, 5.41) is 14.8. The molecule has 1 heterocycles. The van der Waals surface area contributed by atoms with Crippen molar-refractivity contribution in [2.24, 2.45) is 5.11 Å². The Balaban J connectivity index is 2.34. The molecule has 2 rings (SSSR count). The zero-order chi connectivity index (χ0) is 10.7. The lowest BCUT2D eigenvalue weighted by Gasteiger charge is -2.15. The van der Waals surface area contributed by atoms with Gasteiger partial charge in [-0.3, -0.25) is 0 Å². The van der Waals surface area contributed by atoms with Crippen molar-refractivity contribution in [2.75, 3.05) is 6.61 Å². The Kier molecular flexibility index (Phi) is 3.26. The van der Waals surface area contributed by atoms with E-state index in [-0.39, 0.29) is 6.61 Å². The minimum atomic E-state index is -0.395. The highest BCUT2D eigenvalue weighted by molar-refractivity contribution is 7.10. The number of hydrogen-bond donors (Lipinski definition) is 1. The zero-order valence-electron chi connectivity index (χ0n) is 8.39. The first kappa shape index (κ1) is 10.5. The van der Waals surface area contributed by atoms with Crippen LogP contribution in [0.15, 0.2) is 10.5 Å². The van der Waals surface area contributed by atoms with Crippen LogP contribution in [0.4, 0.5) is 0 Å². The Morgan fingerprint density at radius 2 is 2.33 bits per heavy atom. The molecule has 1 aliphatic rings. The molecule has 15 heavy (non-hydrogen) atoms. The molecule has 0 bridgehead atoms. The van der Waals surface area contributed by atoms with Crippen LogP contribution in [0.25, 0.3) is 10.4 Å². The number of aliphatic hydroxyl groups excluding tert-OH is 1. The fourth-order valence-corrected chi connectivity index (χ4v) is 3.25. The molecule has 1 atom stereocenters. The smallest absolute Gasteiger partial charge is 0.0867 e. The average molecular weight is 223 g/mol. The quantitative estimate of drug-likeness (QED) is 0.477. The van der Waals surface area contributed by atoms with Crippen LogP contribution in [0.3, 0.4) is 0 Å². The Morgan fingerprint density at radius 1 is 1.53 bits per heavy atom. The van der Waals surface area contributed by atoms with Crippen molar-refractivity contribution in [3.8, 4) is 0 Å². The second-order valence-corrected chi connectivity index (χ2v) is 4.67. The number of rotatable bonds is 3. The van der Waals surface area contributed by atoms with E-state index in [0.29, 0.717) is 0 Å². The lowest BCUT2D eigenvalue weighted by Crippen LogP contribution is -2.06. The van der Waals surface area contributed by atoms with Crippen molar-refractivity contribution in [3.05, 3.63) is 31.8 Å². The maximum atomic E-state index is 9.17. The van der Waals surface area contributed by atoms with Crippen LogP contribution in [-0.2, 0) is 12.8 Å². The third-order valence-corrected chi connectivity index (χ3v) is 3.92. The summed E-state index contributed by atoms with van der Waals surface area (Å²) in [5.74, 6) is 0. The molecule has 0 saturated carbocycles. The minimum Gasteiger partial charge on any atom is -0.396 e. The Hall–Kier alpha value is -1.03. The monoisotopic (exact) mass is 223 g/mol. The van der Waals surface area contributed by atoms with Crippen LogP contribution in [0, 0.1) is 0 Å². The van der Waals surface area contributed by atoms with Gasteiger partial charge in [-0.05, 0) is 47.7 Å². The first-order chi connectivity index (χ1) is 7.36. The van der Waals surface area contributed by atoms with E-state index in [1.54, 1.807) is 11.3 Å². The highest BCUT2D eigenvalue weighted by Crippen LogP contribution is 2.34. The first-order valence-corrected chi connectivity index (χ1v) is 5.99. The molecule has 0 spiro atoms. The highest BCUT2D eigenvalue weighted by Gasteiger charge is 2.20. The number of nitrogens with zero attached hydrogens (tertiary/aromatic N) is 3. The lowest BCUT2D eigenvalue weighted by atomic mass is 9.93. The molecule has 0 aliphatic heterocycles. The van der Waals surface area contributed by atoms with E-state index in [2.05, 4.69) is 10.0 Å². The maximum Gasteiger partial charge on any atom is 0.0867 e. The van der Waals surface area contributed by atoms with E-state index in [1.165, 1.54) is 23.3 Å². The van der Waals surface area contributed by atoms with Gasteiger partial charge in [-0.15, -0.1) is 11.3 Å². The third-order valence-electron chi connectivity index (χ3n) is 2.82. The molecule has 0 aromatic carbocycles. The largest absolute Gasteiger partial charge is 0.396 e. The second kappa shape index (κ2) is 4.66. The Labute approximate surface area is 92.2 Å². The van der Waals surface area contributed by atoms with Crippen molar-refractivity contribution in [3.63, 3.8) is 0 Å². The van der Waals surface area contributed by atoms with Gasteiger partial charge >= 0.3 is 0 Å². The number of thiophene rings is 1. The Bertz CT molecular complexity index is 395. The predicted molar refractivity (Wildman–Crippen MR) is 59.9 cm³/mol. The van der Waals surface area contributed by atoms with Gasteiger partial charge in [0, 0.05) is 9.79 Å². The van der Waals surface area contributed by atoms with Crippen LogP contribution in [0.5, 0.6) is 0 Å². The first-order valence-electron chi connectivity index (χ1n) is 5.11. The number of aliphatic hydroxyl groups is 1. The molecule has 0 fully saturated rings. The number of fused-ring (bicyclic) bond motifs is 1. The van der Waals surface area contributed by atoms with Gasteiger partial charge in [0.05, 0.1) is 12.6 Å². The number of hydrogen-bond acceptors (Lipinski definition) is 3. The summed E-state index contributed by atoms with van der Waals surface area (Å²) in [5.41, 5.74) is 10.8. The fourth-order valence-electron chi connectivity index (χ4n) is 2.06. The molecule has 0 radical (unpaired) electrons. The number of azide groups is 1. The molecule has 0 saturated heterocycles. The van der Waals surface area contributed by atoms with E-state index in [0.717, 1.165) is 18.4 Å². The topological polar surface area (TPSA) is 69.0 Å². The molecule has 1 aliphatic carbocycles. The zero-order valence-corrected chi connectivity index (χ0v) is 9.20. The molecule has 1 aromatic rings. The normalized spacial score (nSPS) is 16.6. The van der Waals surface area contributed by atoms with Crippen molar-refractivity contribution in [2.45, 2.75) is 31.7 Å². The summed E-state index contributed by atoms with van der Waals surface area (Å²) in [4.78, 5) is 4.19. The van der Waals surface area contributed by atoms with Crippen LogP contribution in [0.1, 0.15) is 34.9 Å². The predicted octanol–water partition coefficient (Wildman–Crippen LogP) is 2.97. The summed E-state index contributed by atoms with van der Waals surface area (Å²) >= 11 is 1.73. The van der Waals surface area contributed by atoms with Gasteiger partial charge in [-0.1, -0.05) is 5.11 Å². The molecule has 80 valence electrons. The standard InChI is InChI=1S/C10H13N3OS/c11-13-12-9(5-14)8-6-15-10-4-2-1-3-7(8)10/h6,9,14H,1-5H2. The van der Waals surface area contributed by atoms with E-state index in [4.69, 9.17) is 5.53 Å². The van der Waals surface area contributed by atoms with Gasteiger partial charge in [0.1, 0.15) is 0 Å². The van der Waals surface area contributed by atoms with E-state index >= 15 is 0 Å². The molecule has 1 unspecified atom stereocenters. The molecular weight excluding hydrogens is 210 g/mol. The van der Waals surface area contributed by atoms with Gasteiger partial charge in [0.2, 0.25) is 0 Å². The second-order valence-electron chi connectivity index (χ2n) is 3.70. The minimum absolute atomic E-state index is 0.104. The van der Waals surface area contributed by atoms with Gasteiger partial charge in [-0.25, -0.2) is 0 Å². The lowest BCUT2D eigenvalue weighted by molar-refractivity contribution is 0.267. The average Bonchev–Trinajstić information content (AvgIpc) is 2.70. The summed E-state index contributed by atoms with van der Waals surface area (Å²) in [6.07, 6.45) is 4.64. The van der Waals surface area contributed by atoms with Crippen molar-refractivity contribution in [1.29, 1.82) is 0 Å². The van der Waals surface area contributed by atoms with Crippen LogP contribution in [0.2, 0.25) is 0 Å². The van der Waals surface area contributed by atoms with Gasteiger partial charge in [0.15, 0.2) is 0 Å². The van der Waals surface area contributed by atoms with Crippen molar-refractivity contribution >= 4 is 11.3 Å². The summed E-state index contributed by atoms with van der Waals surface area (Å²) in [6.45, 7) is -0.104. The molecule has 4 nitrogen and oxygen atoms in total. The molecule has 1 N–H and O–H groups in total. The van der Waals surface area contributed by atoms with Gasteiger partial charge in [0.25, 0.3) is 0 Å². The molecule has 0 amide bonds. The molecule has 5 heteroatoms. The van der Waals surface area contributed by atoms with Gasteiger partial charge in [-0.2, -0.15) is 0 Å². The van der Waals surface area contributed by atoms with Crippen LogP contribution < -0.4 is 0 Å². The highest BCUT2D eigenvalue weighted by atomic mass is 32.1. The molecular formula is C10H13N3OS. The summed E-state index contributed by atoms with van der Waals surface area (Å²) < 4.78 is 0.